The third-order valence-electron chi connectivity index (χ3n) is 3.01. The fourth-order valence-electron chi connectivity index (χ4n) is 2.09. The molecule has 0 atom stereocenters. The van der Waals surface area contributed by atoms with Crippen molar-refractivity contribution in [1.82, 2.24) is 4.98 Å². The highest BCUT2D eigenvalue weighted by Crippen LogP contribution is 2.30. The van der Waals surface area contributed by atoms with Crippen LogP contribution in [0.25, 0.3) is 0 Å². The van der Waals surface area contributed by atoms with E-state index in [9.17, 15) is 0 Å². The van der Waals surface area contributed by atoms with E-state index in [1.54, 1.807) is 7.11 Å². The number of hydrogen-bond donors (Lipinski definition) is 1. The lowest BCUT2D eigenvalue weighted by molar-refractivity contribution is -0.686. The van der Waals surface area contributed by atoms with Crippen LogP contribution in [-0.2, 0) is 13.1 Å². The van der Waals surface area contributed by atoms with Crippen LogP contribution in [0.2, 0.25) is 0 Å². The van der Waals surface area contributed by atoms with Gasteiger partial charge in [0, 0.05) is 6.20 Å². The Morgan fingerprint density at radius 2 is 2.00 bits per heavy atom. The lowest BCUT2D eigenvalue weighted by atomic mass is 10.2. The summed E-state index contributed by atoms with van der Waals surface area (Å²) in [5.74, 6) is 1.63. The van der Waals surface area contributed by atoms with Crippen LogP contribution < -0.4 is 14.8 Å². The minimum Gasteiger partial charge on any atom is -0.493 e. The number of nitrogens with zero attached hydrogens (tertiary/aromatic N) is 1. The first-order chi connectivity index (χ1) is 9.85. The predicted molar refractivity (Wildman–Crippen MR) is 77.7 cm³/mol. The Kier molecular flexibility index (Phi) is 5.38. The molecule has 1 heterocycles. The van der Waals surface area contributed by atoms with Gasteiger partial charge in [-0.1, -0.05) is 12.1 Å². The highest BCUT2D eigenvalue weighted by molar-refractivity contribution is 5.46. The zero-order valence-electron chi connectivity index (χ0n) is 12.0. The highest BCUT2D eigenvalue weighted by atomic mass is 16.5. The number of nitrogens with two attached hydrogens (primary N) is 1. The van der Waals surface area contributed by atoms with Crippen LogP contribution in [0.15, 0.2) is 42.6 Å². The van der Waals surface area contributed by atoms with E-state index in [0.717, 1.165) is 35.8 Å². The molecule has 0 unspecified atom stereocenters. The number of pyridine rings is 1. The first-order valence-electron chi connectivity index (χ1n) is 6.85. The standard InChI is InChI=1S/C16H20N2O2/c1-3-20-16-13(7-6-9-15(16)19-2)11-17-12-14-8-4-5-10-18-14/h4-10,17H,3,11-12H2,1-2H3/p+1. The maximum Gasteiger partial charge on any atom is 0.169 e. The number of rotatable bonds is 7. The molecule has 106 valence electrons. The highest BCUT2D eigenvalue weighted by Gasteiger charge is 2.11. The molecule has 0 spiro atoms. The third kappa shape index (κ3) is 3.71. The Balaban J connectivity index is 2.01. The minimum atomic E-state index is 0.633. The van der Waals surface area contributed by atoms with Crippen LogP contribution in [0.3, 0.4) is 0 Å². The first kappa shape index (κ1) is 14.3. The van der Waals surface area contributed by atoms with Gasteiger partial charge in [-0.2, -0.15) is 0 Å². The molecule has 0 radical (unpaired) electrons. The van der Waals surface area contributed by atoms with E-state index in [4.69, 9.17) is 9.47 Å². The van der Waals surface area contributed by atoms with Gasteiger partial charge >= 0.3 is 0 Å². The van der Waals surface area contributed by atoms with Crippen molar-refractivity contribution in [3.05, 3.63) is 53.9 Å². The second-order valence-corrected chi connectivity index (χ2v) is 4.40. The molecule has 2 rings (SSSR count). The largest absolute Gasteiger partial charge is 0.493 e. The second-order valence-electron chi connectivity index (χ2n) is 4.40. The fraction of sp³-hybridized carbons (Fsp3) is 0.312. The van der Waals surface area contributed by atoms with Crippen molar-refractivity contribution in [2.24, 2.45) is 0 Å². The van der Waals surface area contributed by atoms with E-state index in [1.165, 1.54) is 0 Å². The zero-order valence-corrected chi connectivity index (χ0v) is 12.0. The summed E-state index contributed by atoms with van der Waals surface area (Å²) in [5, 5.41) is 2.21. The van der Waals surface area contributed by atoms with Crippen molar-refractivity contribution in [2.75, 3.05) is 13.7 Å². The Bertz CT molecular complexity index is 529. The monoisotopic (exact) mass is 273 g/mol. The van der Waals surface area contributed by atoms with Crippen LogP contribution in [0.5, 0.6) is 11.5 Å². The van der Waals surface area contributed by atoms with Gasteiger partial charge in [-0.15, -0.1) is 0 Å². The molecule has 0 bridgehead atoms. The summed E-state index contributed by atoms with van der Waals surface area (Å²) in [6.07, 6.45) is 1.82. The molecule has 2 N–H and O–H groups in total. The summed E-state index contributed by atoms with van der Waals surface area (Å²) in [7, 11) is 1.67. The maximum atomic E-state index is 5.70. The van der Waals surface area contributed by atoms with Crippen molar-refractivity contribution >= 4 is 0 Å². The van der Waals surface area contributed by atoms with Gasteiger partial charge in [-0.25, -0.2) is 0 Å². The lowest BCUT2D eigenvalue weighted by Gasteiger charge is -2.13. The van der Waals surface area contributed by atoms with E-state index >= 15 is 0 Å². The van der Waals surface area contributed by atoms with E-state index in [1.807, 2.05) is 43.5 Å². The molecule has 0 amide bonds. The van der Waals surface area contributed by atoms with Crippen molar-refractivity contribution in [3.63, 3.8) is 0 Å². The van der Waals surface area contributed by atoms with E-state index in [0.29, 0.717) is 6.61 Å². The molecule has 0 fully saturated rings. The number of aromatic nitrogens is 1. The van der Waals surface area contributed by atoms with Crippen LogP contribution in [0, 0.1) is 0 Å². The molecule has 4 heteroatoms. The Morgan fingerprint density at radius 3 is 2.70 bits per heavy atom. The van der Waals surface area contributed by atoms with Crippen LogP contribution >= 0.6 is 0 Å². The third-order valence-corrected chi connectivity index (χ3v) is 3.01. The van der Waals surface area contributed by atoms with Crippen molar-refractivity contribution in [2.45, 2.75) is 20.0 Å². The van der Waals surface area contributed by atoms with Crippen molar-refractivity contribution < 1.29 is 14.8 Å². The second kappa shape index (κ2) is 7.50. The van der Waals surface area contributed by atoms with Gasteiger partial charge in [0.15, 0.2) is 11.5 Å². The normalized spacial score (nSPS) is 10.3. The van der Waals surface area contributed by atoms with Crippen molar-refractivity contribution in [1.29, 1.82) is 0 Å². The molecule has 0 aliphatic carbocycles. The molecule has 4 nitrogen and oxygen atoms in total. The van der Waals surface area contributed by atoms with Gasteiger partial charge in [0.2, 0.25) is 0 Å². The van der Waals surface area contributed by atoms with E-state index in [2.05, 4.69) is 16.4 Å². The molecule has 0 aliphatic rings. The summed E-state index contributed by atoms with van der Waals surface area (Å²) in [4.78, 5) is 4.32. The zero-order chi connectivity index (χ0) is 14.2. The Hall–Kier alpha value is -2.07. The van der Waals surface area contributed by atoms with Gasteiger partial charge in [0.05, 0.1) is 25.0 Å². The molecular weight excluding hydrogens is 252 g/mol. The van der Waals surface area contributed by atoms with Crippen LogP contribution in [0.4, 0.5) is 0 Å². The smallest absolute Gasteiger partial charge is 0.169 e. The molecule has 1 aromatic carbocycles. The summed E-state index contributed by atoms with van der Waals surface area (Å²) in [6, 6.07) is 12.0. The molecular formula is C16H21N2O2+. The van der Waals surface area contributed by atoms with Gasteiger partial charge in [-0.3, -0.25) is 4.98 Å². The summed E-state index contributed by atoms with van der Waals surface area (Å²) in [6.45, 7) is 4.30. The molecule has 20 heavy (non-hydrogen) atoms. The summed E-state index contributed by atoms with van der Waals surface area (Å²) >= 11 is 0. The Labute approximate surface area is 119 Å². The van der Waals surface area contributed by atoms with Crippen molar-refractivity contribution in [3.8, 4) is 11.5 Å². The van der Waals surface area contributed by atoms with Gasteiger partial charge < -0.3 is 14.8 Å². The molecule has 1 aromatic heterocycles. The van der Waals surface area contributed by atoms with Crippen LogP contribution in [0.1, 0.15) is 18.2 Å². The molecule has 0 saturated carbocycles. The van der Waals surface area contributed by atoms with E-state index < -0.39 is 0 Å². The average Bonchev–Trinajstić information content (AvgIpc) is 2.50. The quantitative estimate of drug-likeness (QED) is 0.836. The number of hydrogen-bond acceptors (Lipinski definition) is 3. The molecule has 0 aliphatic heterocycles. The lowest BCUT2D eigenvalue weighted by Crippen LogP contribution is -2.80. The van der Waals surface area contributed by atoms with E-state index in [-0.39, 0.29) is 0 Å². The number of methoxy groups -OCH3 is 1. The van der Waals surface area contributed by atoms with Gasteiger partial charge in [0.25, 0.3) is 0 Å². The summed E-state index contributed by atoms with van der Waals surface area (Å²) in [5.41, 5.74) is 2.22. The average molecular weight is 273 g/mol. The Morgan fingerprint density at radius 1 is 1.10 bits per heavy atom. The molecule has 2 aromatic rings. The number of benzene rings is 1. The van der Waals surface area contributed by atoms with Crippen LogP contribution in [-0.4, -0.2) is 18.7 Å². The number of ether oxygens (including phenoxy) is 2. The maximum absolute atomic E-state index is 5.70. The fourth-order valence-corrected chi connectivity index (χ4v) is 2.09. The summed E-state index contributed by atoms with van der Waals surface area (Å²) < 4.78 is 11.1. The number of quaternary nitrogens is 1. The van der Waals surface area contributed by atoms with Gasteiger partial charge in [-0.05, 0) is 31.2 Å². The van der Waals surface area contributed by atoms with Gasteiger partial charge in [0.1, 0.15) is 13.1 Å². The first-order valence-corrected chi connectivity index (χ1v) is 6.85. The minimum absolute atomic E-state index is 0.633. The SMILES string of the molecule is CCOc1c(C[NH2+]Cc2ccccn2)cccc1OC. The predicted octanol–water partition coefficient (Wildman–Crippen LogP) is 1.75. The molecule has 0 saturated heterocycles. The number of para-hydroxylation sites is 1. The topological polar surface area (TPSA) is 48.0 Å².